The molecule has 2 heterocycles. The van der Waals surface area contributed by atoms with Crippen molar-refractivity contribution in [3.8, 4) is 5.75 Å². The molecule has 4 nitrogen and oxygen atoms in total. The van der Waals surface area contributed by atoms with E-state index < -0.39 is 11.6 Å². The lowest BCUT2D eigenvalue weighted by atomic mass is 9.74. The maximum Gasteiger partial charge on any atom is 0.246 e. The van der Waals surface area contributed by atoms with Crippen LogP contribution in [0, 0.1) is 11.6 Å². The van der Waals surface area contributed by atoms with Gasteiger partial charge in [-0.1, -0.05) is 18.2 Å². The molecule has 1 saturated heterocycles. The molecule has 1 fully saturated rings. The average Bonchev–Trinajstić information content (AvgIpc) is 3.06. The Morgan fingerprint density at radius 2 is 1.93 bits per heavy atom. The number of piperidine rings is 1. The summed E-state index contributed by atoms with van der Waals surface area (Å²) in [6.45, 7) is 2.36. The predicted octanol–water partition coefficient (Wildman–Crippen LogP) is 3.39. The third-order valence-corrected chi connectivity index (χ3v) is 5.75. The number of carbonyl (C=O) groups excluding carboxylic acids is 1. The number of fused-ring (bicyclic) bond motifs is 2. The molecule has 0 atom stereocenters. The van der Waals surface area contributed by atoms with Crippen LogP contribution < -0.4 is 10.5 Å². The highest BCUT2D eigenvalue weighted by Crippen LogP contribution is 2.45. The number of nitrogens with zero attached hydrogens (tertiary/aromatic N) is 1. The van der Waals surface area contributed by atoms with Crippen LogP contribution in [0.25, 0.3) is 6.08 Å². The number of likely N-dealkylation sites (tertiary alicyclic amines) is 1. The van der Waals surface area contributed by atoms with Crippen molar-refractivity contribution in [1.82, 2.24) is 4.90 Å². The Labute approximate surface area is 162 Å². The van der Waals surface area contributed by atoms with Crippen molar-refractivity contribution in [3.05, 3.63) is 70.8 Å². The molecule has 0 aromatic heterocycles. The van der Waals surface area contributed by atoms with Crippen LogP contribution in [0.3, 0.4) is 0 Å². The van der Waals surface area contributed by atoms with Crippen LogP contribution >= 0.6 is 0 Å². The molecule has 2 N–H and O–H groups in total. The Morgan fingerprint density at radius 3 is 2.64 bits per heavy atom. The van der Waals surface area contributed by atoms with E-state index in [-0.39, 0.29) is 11.3 Å². The normalized spacial score (nSPS) is 17.8. The smallest absolute Gasteiger partial charge is 0.246 e. The number of benzene rings is 2. The minimum absolute atomic E-state index is 0.0684. The molecule has 0 aliphatic carbocycles. The summed E-state index contributed by atoms with van der Waals surface area (Å²) in [5, 5.41) is 0. The summed E-state index contributed by atoms with van der Waals surface area (Å²) in [5.41, 5.74) is 8.44. The van der Waals surface area contributed by atoms with Gasteiger partial charge in [-0.05, 0) is 48.2 Å². The molecule has 0 saturated carbocycles. The van der Waals surface area contributed by atoms with Gasteiger partial charge in [-0.3, -0.25) is 4.79 Å². The van der Waals surface area contributed by atoms with Crippen LogP contribution in [0.4, 0.5) is 8.78 Å². The van der Waals surface area contributed by atoms with Crippen molar-refractivity contribution in [1.29, 1.82) is 0 Å². The fraction of sp³-hybridized carbons (Fsp3) is 0.318. The Bertz CT molecular complexity index is 934. The molecule has 2 aromatic rings. The Balaban J connectivity index is 1.43. The van der Waals surface area contributed by atoms with E-state index in [0.717, 1.165) is 36.3 Å². The first-order valence-corrected chi connectivity index (χ1v) is 9.39. The second kappa shape index (κ2) is 7.36. The van der Waals surface area contributed by atoms with E-state index in [4.69, 9.17) is 10.5 Å². The predicted molar refractivity (Wildman–Crippen MR) is 103 cm³/mol. The lowest BCUT2D eigenvalue weighted by molar-refractivity contribution is -0.127. The zero-order valence-corrected chi connectivity index (χ0v) is 15.5. The summed E-state index contributed by atoms with van der Waals surface area (Å²) in [5.74, 6) is -1.04. The van der Waals surface area contributed by atoms with Gasteiger partial charge < -0.3 is 15.4 Å². The Morgan fingerprint density at radius 1 is 1.14 bits per heavy atom. The first-order chi connectivity index (χ1) is 13.5. The van der Waals surface area contributed by atoms with Crippen LogP contribution in [-0.2, 0) is 16.8 Å². The fourth-order valence-corrected chi connectivity index (χ4v) is 4.00. The lowest BCUT2D eigenvalue weighted by Crippen LogP contribution is -2.45. The highest BCUT2D eigenvalue weighted by molar-refractivity contribution is 5.91. The van der Waals surface area contributed by atoms with Crippen molar-refractivity contribution in [2.45, 2.75) is 24.8 Å². The van der Waals surface area contributed by atoms with Crippen molar-refractivity contribution >= 4 is 12.0 Å². The molecule has 0 unspecified atom stereocenters. The van der Waals surface area contributed by atoms with Gasteiger partial charge in [0.2, 0.25) is 5.91 Å². The van der Waals surface area contributed by atoms with Gasteiger partial charge in [0.25, 0.3) is 0 Å². The van der Waals surface area contributed by atoms with E-state index in [0.29, 0.717) is 31.8 Å². The number of ether oxygens (including phenoxy) is 1. The molecular weight excluding hydrogens is 362 g/mol. The molecule has 6 heteroatoms. The average molecular weight is 384 g/mol. The molecule has 0 bridgehead atoms. The van der Waals surface area contributed by atoms with Gasteiger partial charge in [-0.25, -0.2) is 8.78 Å². The number of hydrogen-bond donors (Lipinski definition) is 1. The van der Waals surface area contributed by atoms with E-state index in [1.54, 1.807) is 4.90 Å². The van der Waals surface area contributed by atoms with Crippen LogP contribution in [0.1, 0.15) is 29.5 Å². The molecule has 1 spiro atoms. The summed E-state index contributed by atoms with van der Waals surface area (Å²) < 4.78 is 32.2. The van der Waals surface area contributed by atoms with Crippen molar-refractivity contribution in [2.75, 3.05) is 19.7 Å². The zero-order valence-electron chi connectivity index (χ0n) is 15.5. The first-order valence-electron chi connectivity index (χ1n) is 9.39. The second-order valence-electron chi connectivity index (χ2n) is 7.44. The highest BCUT2D eigenvalue weighted by atomic mass is 19.2. The fourth-order valence-electron chi connectivity index (χ4n) is 4.00. The number of nitrogens with two attached hydrogens (primary N) is 1. The third-order valence-electron chi connectivity index (χ3n) is 5.75. The van der Waals surface area contributed by atoms with E-state index in [9.17, 15) is 13.6 Å². The van der Waals surface area contributed by atoms with Crippen molar-refractivity contribution < 1.29 is 18.3 Å². The van der Waals surface area contributed by atoms with Gasteiger partial charge in [0, 0.05) is 36.7 Å². The molecule has 28 heavy (non-hydrogen) atoms. The molecule has 1 amide bonds. The number of rotatable bonds is 3. The standard InChI is InChI=1S/C22H22F2N2O2/c23-18-4-1-15(12-19(18)24)3-6-21(27)26-9-7-22(8-10-26)14-28-20-5-2-16(13-25)11-17(20)22/h1-6,11-12H,7-10,13-14,25H2. The van der Waals surface area contributed by atoms with Crippen LogP contribution in [-0.4, -0.2) is 30.5 Å². The van der Waals surface area contributed by atoms with Gasteiger partial charge >= 0.3 is 0 Å². The molecular formula is C22H22F2N2O2. The Hall–Kier alpha value is -2.73. The minimum atomic E-state index is -0.925. The van der Waals surface area contributed by atoms with Gasteiger partial charge in [0.15, 0.2) is 11.6 Å². The van der Waals surface area contributed by atoms with Gasteiger partial charge in [0.05, 0.1) is 6.61 Å². The largest absolute Gasteiger partial charge is 0.492 e. The summed E-state index contributed by atoms with van der Waals surface area (Å²) in [6, 6.07) is 9.66. The first kappa shape index (κ1) is 18.6. The SMILES string of the molecule is NCc1ccc2c(c1)C1(CCN(C(=O)C=Cc3ccc(F)c(F)c3)CC1)CO2. The maximum atomic E-state index is 13.3. The number of hydrogen-bond acceptors (Lipinski definition) is 3. The number of carbonyl (C=O) groups is 1. The van der Waals surface area contributed by atoms with Crippen molar-refractivity contribution in [3.63, 3.8) is 0 Å². The van der Waals surface area contributed by atoms with E-state index in [2.05, 4.69) is 6.07 Å². The summed E-state index contributed by atoms with van der Waals surface area (Å²) in [4.78, 5) is 14.3. The molecule has 2 aliphatic rings. The summed E-state index contributed by atoms with van der Waals surface area (Å²) in [6.07, 6.45) is 4.56. The van der Waals surface area contributed by atoms with E-state index in [1.807, 2.05) is 12.1 Å². The quantitative estimate of drug-likeness (QED) is 0.826. The van der Waals surface area contributed by atoms with Crippen LogP contribution in [0.2, 0.25) is 0 Å². The third kappa shape index (κ3) is 3.40. The van der Waals surface area contributed by atoms with E-state index >= 15 is 0 Å². The van der Waals surface area contributed by atoms with E-state index in [1.165, 1.54) is 23.8 Å². The Kier molecular flexibility index (Phi) is 4.89. The summed E-state index contributed by atoms with van der Waals surface area (Å²) >= 11 is 0. The number of amides is 1. The van der Waals surface area contributed by atoms with Crippen LogP contribution in [0.5, 0.6) is 5.75 Å². The van der Waals surface area contributed by atoms with Gasteiger partial charge in [-0.2, -0.15) is 0 Å². The van der Waals surface area contributed by atoms with Gasteiger partial charge in [0.1, 0.15) is 5.75 Å². The minimum Gasteiger partial charge on any atom is -0.492 e. The highest BCUT2D eigenvalue weighted by Gasteiger charge is 2.43. The topological polar surface area (TPSA) is 55.6 Å². The van der Waals surface area contributed by atoms with Crippen molar-refractivity contribution in [2.24, 2.45) is 5.73 Å². The maximum absolute atomic E-state index is 13.3. The summed E-state index contributed by atoms with van der Waals surface area (Å²) in [7, 11) is 0. The molecule has 4 rings (SSSR count). The van der Waals surface area contributed by atoms with Gasteiger partial charge in [-0.15, -0.1) is 0 Å². The molecule has 2 aromatic carbocycles. The molecule has 146 valence electrons. The lowest BCUT2D eigenvalue weighted by Gasteiger charge is -2.38. The van der Waals surface area contributed by atoms with Crippen LogP contribution in [0.15, 0.2) is 42.5 Å². The monoisotopic (exact) mass is 384 g/mol. The molecule has 0 radical (unpaired) electrons. The molecule has 2 aliphatic heterocycles. The number of halogens is 2. The second-order valence-corrected chi connectivity index (χ2v) is 7.44. The zero-order chi connectivity index (χ0) is 19.7.